The molecule has 6 rings (SSSR count). The van der Waals surface area contributed by atoms with Gasteiger partial charge in [-0.25, -0.2) is 19.2 Å². The molecule has 2 aliphatic rings. The lowest BCUT2D eigenvalue weighted by Gasteiger charge is -2.30. The number of rotatable bonds is 7. The van der Waals surface area contributed by atoms with Crippen LogP contribution in [0, 0.1) is 11.8 Å². The normalized spacial score (nSPS) is 23.5. The highest BCUT2D eigenvalue weighted by Crippen LogP contribution is 2.27. The van der Waals surface area contributed by atoms with Crippen molar-refractivity contribution in [3.63, 3.8) is 0 Å². The molecule has 0 radical (unpaired) electrons. The van der Waals surface area contributed by atoms with Gasteiger partial charge >= 0.3 is 5.97 Å². The van der Waals surface area contributed by atoms with E-state index in [1.807, 2.05) is 32.2 Å². The summed E-state index contributed by atoms with van der Waals surface area (Å²) in [5.74, 6) is -2.99. The summed E-state index contributed by atoms with van der Waals surface area (Å²) in [6.45, 7) is 6.41. The molecule has 6 heterocycles. The van der Waals surface area contributed by atoms with E-state index in [1.165, 1.54) is 17.1 Å². The molecule has 0 aromatic carbocycles. The second kappa shape index (κ2) is 18.8. The molecule has 16 nitrogen and oxygen atoms in total. The number of aliphatic hydroxyl groups excluding tert-OH is 1. The number of allylic oxidation sites excluding steroid dienone is 2. The molecule has 17 heteroatoms. The van der Waals surface area contributed by atoms with E-state index in [-0.39, 0.29) is 62.3 Å². The molecule has 2 bridgehead atoms. The molecule has 3 amide bonds. The maximum Gasteiger partial charge on any atom is 0.329 e. The number of aromatic nitrogens is 6. The summed E-state index contributed by atoms with van der Waals surface area (Å²) in [5, 5.41) is 25.4. The Labute approximate surface area is 328 Å². The Morgan fingerprint density at radius 2 is 2.04 bits per heavy atom. The molecule has 0 unspecified atom stereocenters. The van der Waals surface area contributed by atoms with Crippen molar-refractivity contribution < 1.29 is 37.8 Å². The van der Waals surface area contributed by atoms with Crippen molar-refractivity contribution in [2.45, 2.75) is 83.8 Å². The topological polar surface area (TPSA) is 210 Å². The van der Waals surface area contributed by atoms with E-state index in [9.17, 15) is 28.7 Å². The Hall–Kier alpha value is -5.97. The number of fused-ring (bicyclic) bond motifs is 4. The van der Waals surface area contributed by atoms with Gasteiger partial charge in [-0.15, -0.1) is 5.10 Å². The summed E-state index contributed by atoms with van der Waals surface area (Å²) >= 11 is 0. The van der Waals surface area contributed by atoms with Gasteiger partial charge in [-0.3, -0.25) is 19.1 Å². The number of ether oxygens (including phenoxy) is 1. The smallest absolute Gasteiger partial charge is 0.329 e. The maximum atomic E-state index is 14.9. The van der Waals surface area contributed by atoms with Crippen LogP contribution in [0.2, 0.25) is 0 Å². The van der Waals surface area contributed by atoms with Gasteiger partial charge in [0.15, 0.2) is 11.6 Å². The van der Waals surface area contributed by atoms with E-state index < -0.39 is 48.1 Å². The molecule has 0 saturated carbocycles. The van der Waals surface area contributed by atoms with Gasteiger partial charge in [-0.1, -0.05) is 48.9 Å². The van der Waals surface area contributed by atoms with Crippen molar-refractivity contribution >= 4 is 34.7 Å². The van der Waals surface area contributed by atoms with Crippen LogP contribution in [0.4, 0.5) is 4.39 Å². The number of pyridine rings is 1. The molecule has 0 aliphatic carbocycles. The number of aromatic amines is 1. The van der Waals surface area contributed by atoms with Crippen molar-refractivity contribution in [3.8, 4) is 11.3 Å². The van der Waals surface area contributed by atoms with Crippen LogP contribution in [-0.4, -0.2) is 108 Å². The SMILES string of the molecule is CC1=C[C@@H](O)C[C@@H](F)Cc2nc(co2)C(=O)N2CCC[C@@H]2C(=O)O[C@H](C(C)C)[C@H](CC(=O)NCCn2cc(-c3cnc4[nH]ccc4c3)nn2)/C=C/C(=O)NCC=C1. The average Bonchev–Trinajstić information content (AvgIpc) is 4.01. The summed E-state index contributed by atoms with van der Waals surface area (Å²) in [6.07, 6.45) is 11.0. The van der Waals surface area contributed by atoms with Crippen LogP contribution in [0.1, 0.15) is 62.8 Å². The maximum absolute atomic E-state index is 14.9. The minimum Gasteiger partial charge on any atom is -0.460 e. The van der Waals surface area contributed by atoms with Gasteiger partial charge in [-0.2, -0.15) is 0 Å². The number of oxazole rings is 1. The molecule has 4 aromatic heterocycles. The third-order valence-corrected chi connectivity index (χ3v) is 9.82. The van der Waals surface area contributed by atoms with Crippen LogP contribution >= 0.6 is 0 Å². The van der Waals surface area contributed by atoms with Crippen molar-refractivity contribution in [2.75, 3.05) is 19.6 Å². The first-order valence-corrected chi connectivity index (χ1v) is 19.1. The molecule has 0 spiro atoms. The highest BCUT2D eigenvalue weighted by atomic mass is 19.1. The van der Waals surface area contributed by atoms with Gasteiger partial charge in [0, 0.05) is 61.7 Å². The van der Waals surface area contributed by atoms with E-state index >= 15 is 0 Å². The Kier molecular flexibility index (Phi) is 13.4. The van der Waals surface area contributed by atoms with Gasteiger partial charge in [0.05, 0.1) is 25.3 Å². The number of cyclic esters (lactones) is 1. The van der Waals surface area contributed by atoms with Crippen molar-refractivity contribution in [1.29, 1.82) is 0 Å². The third kappa shape index (κ3) is 10.9. The number of nitrogens with zero attached hydrogens (tertiary/aromatic N) is 6. The van der Waals surface area contributed by atoms with E-state index in [0.29, 0.717) is 30.7 Å². The van der Waals surface area contributed by atoms with Crippen molar-refractivity contribution in [2.24, 2.45) is 11.8 Å². The number of halogens is 1. The van der Waals surface area contributed by atoms with Gasteiger partial charge < -0.3 is 34.8 Å². The second-order valence-electron chi connectivity index (χ2n) is 14.7. The highest BCUT2D eigenvalue weighted by Gasteiger charge is 2.39. The number of aliphatic hydroxyl groups is 1. The first-order valence-electron chi connectivity index (χ1n) is 19.1. The van der Waals surface area contributed by atoms with E-state index in [4.69, 9.17) is 9.15 Å². The Bertz CT molecular complexity index is 2140. The number of H-pyrrole nitrogens is 1. The van der Waals surface area contributed by atoms with Crippen LogP contribution in [-0.2, 0) is 32.1 Å². The lowest BCUT2D eigenvalue weighted by Crippen LogP contribution is -2.44. The van der Waals surface area contributed by atoms with E-state index in [1.54, 1.807) is 42.2 Å². The van der Waals surface area contributed by atoms with E-state index in [2.05, 4.69) is 35.9 Å². The molecule has 2 aliphatic heterocycles. The third-order valence-electron chi connectivity index (χ3n) is 9.82. The Morgan fingerprint density at radius 1 is 1.19 bits per heavy atom. The zero-order valence-corrected chi connectivity index (χ0v) is 32.1. The number of amides is 3. The van der Waals surface area contributed by atoms with Crippen molar-refractivity contribution in [1.82, 2.24) is 45.5 Å². The number of hydrogen-bond donors (Lipinski definition) is 4. The number of alkyl halides is 1. The van der Waals surface area contributed by atoms with Crippen molar-refractivity contribution in [3.05, 3.63) is 84.5 Å². The minimum absolute atomic E-state index is 0.00640. The molecule has 4 N–H and O–H groups in total. The number of esters is 1. The van der Waals surface area contributed by atoms with Crippen LogP contribution < -0.4 is 10.6 Å². The first kappa shape index (κ1) is 40.7. The molecular formula is C40H48FN9O7. The highest BCUT2D eigenvalue weighted by molar-refractivity contribution is 5.95. The average molecular weight is 786 g/mol. The molecule has 1 fully saturated rings. The summed E-state index contributed by atoms with van der Waals surface area (Å²) in [7, 11) is 0. The fourth-order valence-corrected chi connectivity index (χ4v) is 6.98. The second-order valence-corrected chi connectivity index (χ2v) is 14.7. The molecule has 4 aromatic rings. The lowest BCUT2D eigenvalue weighted by molar-refractivity contribution is -0.159. The number of nitrogens with one attached hydrogen (secondary N) is 3. The predicted molar refractivity (Wildman–Crippen MR) is 206 cm³/mol. The predicted octanol–water partition coefficient (Wildman–Crippen LogP) is 3.62. The number of carbonyl (C=O) groups is 4. The van der Waals surface area contributed by atoms with Gasteiger partial charge in [-0.05, 0) is 43.9 Å². The quantitative estimate of drug-likeness (QED) is 0.199. The zero-order chi connectivity index (χ0) is 40.5. The van der Waals surface area contributed by atoms with Crippen LogP contribution in [0.15, 0.2) is 77.4 Å². The van der Waals surface area contributed by atoms with Gasteiger partial charge in [0.1, 0.15) is 35.9 Å². The molecule has 5 atom stereocenters. The number of carbonyl (C=O) groups excluding carboxylic acids is 4. The molecule has 57 heavy (non-hydrogen) atoms. The summed E-state index contributed by atoms with van der Waals surface area (Å²) in [6, 6.07) is 2.95. The van der Waals surface area contributed by atoms with Gasteiger partial charge in [0.25, 0.3) is 5.91 Å². The summed E-state index contributed by atoms with van der Waals surface area (Å²) < 4.78 is 28.0. The Morgan fingerprint density at radius 3 is 2.86 bits per heavy atom. The molecule has 302 valence electrons. The molecular weight excluding hydrogens is 737 g/mol. The largest absolute Gasteiger partial charge is 0.460 e. The van der Waals surface area contributed by atoms with Crippen LogP contribution in [0.3, 0.4) is 0 Å². The summed E-state index contributed by atoms with van der Waals surface area (Å²) in [4.78, 5) is 66.7. The van der Waals surface area contributed by atoms with Crippen LogP contribution in [0.5, 0.6) is 0 Å². The zero-order valence-electron chi connectivity index (χ0n) is 32.1. The minimum atomic E-state index is -1.50. The number of hydrogen-bond acceptors (Lipinski definition) is 11. The monoisotopic (exact) mass is 785 g/mol. The standard InChI is InChI=1S/C40H48FN9O7/c1-24(2)37-26(18-35(53)43-13-15-49-22-31(47-48-49)28-17-27-10-12-44-38(27)45-21-28)8-9-34(52)42-11-4-6-25(3)16-30(51)19-29(41)20-36-46-32(23-56-36)39(54)50-14-5-7-33(50)40(55)57-37/h4,6,8-10,12,16-17,21-24,26,29-30,33,37,51H,5,7,11,13-15,18-20H2,1-3H3,(H,42,52)(H,43,53)(H,44,45)/b6-4?,9-8+,25-16?/t26-,29+,30+,33+,37+/m0/s1. The first-order chi connectivity index (χ1) is 27.4. The lowest BCUT2D eigenvalue weighted by atomic mass is 9.89. The fraction of sp³-hybridized carbons (Fsp3) is 0.450. The van der Waals surface area contributed by atoms with E-state index in [0.717, 1.165) is 22.9 Å². The van der Waals surface area contributed by atoms with Crippen LogP contribution in [0.25, 0.3) is 22.3 Å². The molecule has 1 saturated heterocycles. The van der Waals surface area contributed by atoms with Gasteiger partial charge in [0.2, 0.25) is 11.8 Å². The Balaban J connectivity index is 1.16. The fourth-order valence-electron chi connectivity index (χ4n) is 6.98. The summed E-state index contributed by atoms with van der Waals surface area (Å²) in [5.41, 5.74) is 2.80.